The first-order valence-corrected chi connectivity index (χ1v) is 5.00. The lowest BCUT2D eigenvalue weighted by molar-refractivity contribution is 1.03. The molecule has 0 spiro atoms. The molecular weight excluding hydrogens is 240 g/mol. The van der Waals surface area contributed by atoms with E-state index in [1.807, 2.05) is 25.3 Å². The molecule has 0 aliphatic heterocycles. The van der Waals surface area contributed by atoms with Crippen molar-refractivity contribution in [2.45, 2.75) is 0 Å². The first-order chi connectivity index (χ1) is 6.69. The minimum Gasteiger partial charge on any atom is -0.371 e. The van der Waals surface area contributed by atoms with Crippen LogP contribution in [-0.2, 0) is 0 Å². The Morgan fingerprint density at radius 1 is 1.64 bits per heavy atom. The molecule has 0 aliphatic carbocycles. The SMILES string of the molecule is C=CCN(C)c1ccc(C#N)c(Br)c1. The van der Waals surface area contributed by atoms with E-state index in [2.05, 4.69) is 33.5 Å². The molecule has 0 heterocycles. The molecule has 0 radical (unpaired) electrons. The normalized spacial score (nSPS) is 9.21. The molecule has 0 bridgehead atoms. The largest absolute Gasteiger partial charge is 0.371 e. The minimum absolute atomic E-state index is 0.653. The molecule has 1 aromatic rings. The Labute approximate surface area is 92.6 Å². The van der Waals surface area contributed by atoms with E-state index in [9.17, 15) is 0 Å². The van der Waals surface area contributed by atoms with Crippen molar-refractivity contribution in [3.63, 3.8) is 0 Å². The molecule has 0 aromatic heterocycles. The van der Waals surface area contributed by atoms with E-state index in [0.717, 1.165) is 16.7 Å². The summed E-state index contributed by atoms with van der Waals surface area (Å²) in [5.74, 6) is 0. The quantitative estimate of drug-likeness (QED) is 0.772. The Balaban J connectivity index is 2.97. The Morgan fingerprint density at radius 2 is 2.36 bits per heavy atom. The molecule has 0 saturated heterocycles. The predicted molar refractivity (Wildman–Crippen MR) is 62.3 cm³/mol. The number of benzene rings is 1. The van der Waals surface area contributed by atoms with Gasteiger partial charge in [-0.15, -0.1) is 6.58 Å². The summed E-state index contributed by atoms with van der Waals surface area (Å²) in [5.41, 5.74) is 1.72. The number of hydrogen-bond acceptors (Lipinski definition) is 2. The Morgan fingerprint density at radius 3 is 2.86 bits per heavy atom. The number of nitriles is 1. The second-order valence-corrected chi connectivity index (χ2v) is 3.80. The van der Waals surface area contributed by atoms with Gasteiger partial charge in [0.15, 0.2) is 0 Å². The molecule has 0 atom stereocenters. The molecule has 2 nitrogen and oxygen atoms in total. The average Bonchev–Trinajstić information content (AvgIpc) is 2.18. The third kappa shape index (κ3) is 2.36. The van der Waals surface area contributed by atoms with Crippen molar-refractivity contribution in [2.24, 2.45) is 0 Å². The van der Waals surface area contributed by atoms with Crippen LogP contribution >= 0.6 is 15.9 Å². The smallest absolute Gasteiger partial charge is 0.100 e. The highest BCUT2D eigenvalue weighted by molar-refractivity contribution is 9.10. The first kappa shape index (κ1) is 10.8. The lowest BCUT2D eigenvalue weighted by Crippen LogP contribution is -2.16. The van der Waals surface area contributed by atoms with E-state index in [4.69, 9.17) is 5.26 Å². The van der Waals surface area contributed by atoms with Crippen molar-refractivity contribution in [1.82, 2.24) is 0 Å². The molecule has 0 aliphatic rings. The van der Waals surface area contributed by atoms with Gasteiger partial charge in [-0.25, -0.2) is 0 Å². The molecule has 1 rings (SSSR count). The molecule has 0 saturated carbocycles. The number of rotatable bonds is 3. The highest BCUT2D eigenvalue weighted by atomic mass is 79.9. The Kier molecular flexibility index (Phi) is 3.73. The summed E-state index contributed by atoms with van der Waals surface area (Å²) >= 11 is 3.35. The van der Waals surface area contributed by atoms with E-state index < -0.39 is 0 Å². The summed E-state index contributed by atoms with van der Waals surface area (Å²) in [7, 11) is 1.98. The zero-order chi connectivity index (χ0) is 10.6. The van der Waals surface area contributed by atoms with Crippen molar-refractivity contribution in [2.75, 3.05) is 18.5 Å². The maximum atomic E-state index is 8.74. The second-order valence-electron chi connectivity index (χ2n) is 2.95. The molecule has 0 amide bonds. The Hall–Kier alpha value is -1.27. The predicted octanol–water partition coefficient (Wildman–Crippen LogP) is 2.94. The molecule has 0 unspecified atom stereocenters. The molecule has 3 heteroatoms. The lowest BCUT2D eigenvalue weighted by atomic mass is 10.2. The first-order valence-electron chi connectivity index (χ1n) is 4.20. The standard InChI is InChI=1S/C11H11BrN2/c1-3-6-14(2)10-5-4-9(8-13)11(12)7-10/h3-5,7H,1,6H2,2H3. The van der Waals surface area contributed by atoms with Gasteiger partial charge >= 0.3 is 0 Å². The molecule has 0 N–H and O–H groups in total. The van der Waals surface area contributed by atoms with Gasteiger partial charge in [0, 0.05) is 23.8 Å². The van der Waals surface area contributed by atoms with Gasteiger partial charge in [0.1, 0.15) is 6.07 Å². The molecule has 72 valence electrons. The third-order valence-electron chi connectivity index (χ3n) is 1.92. The molecule has 0 fully saturated rings. The van der Waals surface area contributed by atoms with Crippen molar-refractivity contribution >= 4 is 21.6 Å². The fourth-order valence-corrected chi connectivity index (χ4v) is 1.59. The minimum atomic E-state index is 0.653. The van der Waals surface area contributed by atoms with Crippen LogP contribution < -0.4 is 4.90 Å². The highest BCUT2D eigenvalue weighted by Gasteiger charge is 2.02. The molecule has 1 aromatic carbocycles. The van der Waals surface area contributed by atoms with Crippen LogP contribution in [0.5, 0.6) is 0 Å². The average molecular weight is 251 g/mol. The zero-order valence-corrected chi connectivity index (χ0v) is 9.58. The fraction of sp³-hybridized carbons (Fsp3) is 0.182. The van der Waals surface area contributed by atoms with Gasteiger partial charge in [-0.05, 0) is 34.1 Å². The van der Waals surface area contributed by atoms with Crippen molar-refractivity contribution in [3.8, 4) is 6.07 Å². The number of hydrogen-bond donors (Lipinski definition) is 0. The molecular formula is C11H11BrN2. The molecule has 14 heavy (non-hydrogen) atoms. The van der Waals surface area contributed by atoms with Gasteiger partial charge < -0.3 is 4.90 Å². The van der Waals surface area contributed by atoms with Gasteiger partial charge in [0.2, 0.25) is 0 Å². The van der Waals surface area contributed by atoms with E-state index in [0.29, 0.717) is 5.56 Å². The van der Waals surface area contributed by atoms with Crippen molar-refractivity contribution in [3.05, 3.63) is 40.9 Å². The third-order valence-corrected chi connectivity index (χ3v) is 2.57. The topological polar surface area (TPSA) is 27.0 Å². The van der Waals surface area contributed by atoms with Crippen molar-refractivity contribution < 1.29 is 0 Å². The second kappa shape index (κ2) is 4.83. The van der Waals surface area contributed by atoms with E-state index in [1.54, 1.807) is 6.07 Å². The van der Waals surface area contributed by atoms with Crippen molar-refractivity contribution in [1.29, 1.82) is 5.26 Å². The van der Waals surface area contributed by atoms with E-state index >= 15 is 0 Å². The Bertz CT molecular complexity index is 379. The van der Waals surface area contributed by atoms with Gasteiger partial charge in [-0.1, -0.05) is 6.08 Å². The van der Waals surface area contributed by atoms with E-state index in [1.165, 1.54) is 0 Å². The summed E-state index contributed by atoms with van der Waals surface area (Å²) in [5, 5.41) is 8.74. The maximum Gasteiger partial charge on any atom is 0.100 e. The maximum absolute atomic E-state index is 8.74. The summed E-state index contributed by atoms with van der Waals surface area (Å²) in [6, 6.07) is 7.77. The van der Waals surface area contributed by atoms with Crippen LogP contribution in [0.2, 0.25) is 0 Å². The van der Waals surface area contributed by atoms with Crippen LogP contribution in [0.25, 0.3) is 0 Å². The number of halogens is 1. The van der Waals surface area contributed by atoms with Gasteiger partial charge in [0.05, 0.1) is 5.56 Å². The van der Waals surface area contributed by atoms with E-state index in [-0.39, 0.29) is 0 Å². The number of likely N-dealkylation sites (N-methyl/N-ethyl adjacent to an activating group) is 1. The van der Waals surface area contributed by atoms with Crippen LogP contribution in [-0.4, -0.2) is 13.6 Å². The summed E-state index contributed by atoms with van der Waals surface area (Å²) in [6.45, 7) is 4.47. The summed E-state index contributed by atoms with van der Waals surface area (Å²) in [6.07, 6.45) is 1.84. The van der Waals surface area contributed by atoms with Crippen LogP contribution in [0.15, 0.2) is 35.3 Å². The van der Waals surface area contributed by atoms with Crippen LogP contribution in [0, 0.1) is 11.3 Å². The summed E-state index contributed by atoms with van der Waals surface area (Å²) in [4.78, 5) is 2.05. The van der Waals surface area contributed by atoms with Gasteiger partial charge in [-0.3, -0.25) is 0 Å². The highest BCUT2D eigenvalue weighted by Crippen LogP contribution is 2.22. The van der Waals surface area contributed by atoms with Crippen LogP contribution in [0.1, 0.15) is 5.56 Å². The lowest BCUT2D eigenvalue weighted by Gasteiger charge is -2.17. The van der Waals surface area contributed by atoms with Crippen LogP contribution in [0.4, 0.5) is 5.69 Å². The van der Waals surface area contributed by atoms with Gasteiger partial charge in [0.25, 0.3) is 0 Å². The van der Waals surface area contributed by atoms with Gasteiger partial charge in [-0.2, -0.15) is 5.26 Å². The fourth-order valence-electron chi connectivity index (χ4n) is 1.13. The summed E-state index contributed by atoms with van der Waals surface area (Å²) < 4.78 is 0.827. The zero-order valence-electron chi connectivity index (χ0n) is 8.00. The monoisotopic (exact) mass is 250 g/mol. The van der Waals surface area contributed by atoms with Crippen LogP contribution in [0.3, 0.4) is 0 Å². The number of nitrogens with zero attached hydrogens (tertiary/aromatic N) is 2. The number of anilines is 1.